The molecule has 0 spiro atoms. The monoisotopic (exact) mass is 248 g/mol. The zero-order valence-corrected chi connectivity index (χ0v) is 11.1. The third kappa shape index (κ3) is 3.67. The molecule has 0 radical (unpaired) electrons. The number of piperidine rings is 1. The van der Waals surface area contributed by atoms with E-state index in [0.29, 0.717) is 31.3 Å². The Morgan fingerprint density at radius 3 is 2.89 bits per heavy atom. The molecule has 0 aromatic heterocycles. The molecule has 4 nitrogen and oxygen atoms in total. The third-order valence-electron chi connectivity index (χ3n) is 3.42. The molecular weight excluding hydrogens is 228 g/mol. The molecule has 0 bridgehead atoms. The van der Waals surface area contributed by atoms with Gasteiger partial charge in [-0.2, -0.15) is 5.26 Å². The number of rotatable bonds is 3. The lowest BCUT2D eigenvalue weighted by Gasteiger charge is -2.36. The molecule has 1 heterocycles. The van der Waals surface area contributed by atoms with Crippen molar-refractivity contribution in [2.75, 3.05) is 19.7 Å². The van der Waals surface area contributed by atoms with Crippen LogP contribution < -0.4 is 0 Å². The van der Waals surface area contributed by atoms with Crippen LogP contribution in [0.15, 0.2) is 0 Å². The molecule has 0 aromatic carbocycles. The van der Waals surface area contributed by atoms with E-state index in [2.05, 4.69) is 25.8 Å². The summed E-state index contributed by atoms with van der Waals surface area (Å²) in [7, 11) is 0. The van der Waals surface area contributed by atoms with E-state index in [0.717, 1.165) is 6.42 Å². The molecular formula is C14H20N2O2. The van der Waals surface area contributed by atoms with E-state index in [-0.39, 0.29) is 18.6 Å². The molecule has 0 aromatic rings. The van der Waals surface area contributed by atoms with Gasteiger partial charge in [0.2, 0.25) is 0 Å². The summed E-state index contributed by atoms with van der Waals surface area (Å²) in [6.07, 6.45) is 6.02. The maximum absolute atomic E-state index is 11.7. The molecule has 1 fully saturated rings. The quantitative estimate of drug-likeness (QED) is 0.568. The number of hydrogen-bond acceptors (Lipinski definition) is 3. The van der Waals surface area contributed by atoms with Crippen LogP contribution >= 0.6 is 0 Å². The van der Waals surface area contributed by atoms with E-state index in [1.54, 1.807) is 4.90 Å². The predicted octanol–water partition coefficient (Wildman–Crippen LogP) is 2.26. The molecule has 2 atom stereocenters. The Hall–Kier alpha value is -1.68. The van der Waals surface area contributed by atoms with Gasteiger partial charge in [-0.25, -0.2) is 4.79 Å². The van der Waals surface area contributed by atoms with Gasteiger partial charge in [-0.15, -0.1) is 12.3 Å². The highest BCUT2D eigenvalue weighted by molar-refractivity contribution is 5.67. The van der Waals surface area contributed by atoms with Gasteiger partial charge in [0, 0.05) is 19.5 Å². The summed E-state index contributed by atoms with van der Waals surface area (Å²) >= 11 is 0. The first-order chi connectivity index (χ1) is 8.60. The molecule has 18 heavy (non-hydrogen) atoms. The van der Waals surface area contributed by atoms with Gasteiger partial charge in [0.15, 0.2) is 0 Å². The van der Waals surface area contributed by atoms with Crippen LogP contribution in [0.4, 0.5) is 4.79 Å². The number of carbonyl (C=O) groups is 1. The zero-order valence-electron chi connectivity index (χ0n) is 11.1. The van der Waals surface area contributed by atoms with Crippen molar-refractivity contribution in [3.8, 4) is 18.4 Å². The largest absolute Gasteiger partial charge is 0.448 e. The van der Waals surface area contributed by atoms with E-state index < -0.39 is 0 Å². The van der Waals surface area contributed by atoms with Gasteiger partial charge in [-0.1, -0.05) is 13.8 Å². The Kier molecular flexibility index (Phi) is 5.52. The number of hydrogen-bond donors (Lipinski definition) is 0. The van der Waals surface area contributed by atoms with Crippen LogP contribution in [0.5, 0.6) is 0 Å². The summed E-state index contributed by atoms with van der Waals surface area (Å²) in [6, 6.07) is 2.31. The summed E-state index contributed by atoms with van der Waals surface area (Å²) in [4.78, 5) is 13.4. The van der Waals surface area contributed by atoms with Crippen LogP contribution in [0.3, 0.4) is 0 Å². The van der Waals surface area contributed by atoms with Crippen LogP contribution in [0, 0.1) is 41.4 Å². The lowest BCUT2D eigenvalue weighted by molar-refractivity contribution is 0.0718. The van der Waals surface area contributed by atoms with Crippen LogP contribution in [0.25, 0.3) is 0 Å². The summed E-state index contributed by atoms with van der Waals surface area (Å²) in [5.74, 6) is 3.15. The minimum Gasteiger partial charge on any atom is -0.448 e. The van der Waals surface area contributed by atoms with E-state index in [1.807, 2.05) is 0 Å². The predicted molar refractivity (Wildman–Crippen MR) is 68.4 cm³/mol. The summed E-state index contributed by atoms with van der Waals surface area (Å²) in [5.41, 5.74) is 0. The molecule has 1 aliphatic rings. The molecule has 1 saturated heterocycles. The van der Waals surface area contributed by atoms with Crippen molar-refractivity contribution in [3.63, 3.8) is 0 Å². The molecule has 98 valence electrons. The van der Waals surface area contributed by atoms with Gasteiger partial charge in [-0.05, 0) is 18.3 Å². The first kappa shape index (κ1) is 14.4. The first-order valence-corrected chi connectivity index (χ1v) is 6.35. The second-order valence-electron chi connectivity index (χ2n) is 4.95. The van der Waals surface area contributed by atoms with Crippen molar-refractivity contribution < 1.29 is 9.53 Å². The molecule has 2 unspecified atom stereocenters. The fraction of sp³-hybridized carbons (Fsp3) is 0.714. The second kappa shape index (κ2) is 6.91. The maximum Gasteiger partial charge on any atom is 0.409 e. The maximum atomic E-state index is 11.7. The molecule has 0 N–H and O–H groups in total. The summed E-state index contributed by atoms with van der Waals surface area (Å²) in [5, 5.41) is 9.17. The number of likely N-dealkylation sites (tertiary alicyclic amines) is 1. The molecule has 1 rings (SSSR count). The van der Waals surface area contributed by atoms with E-state index in [4.69, 9.17) is 16.4 Å². The highest BCUT2D eigenvalue weighted by Crippen LogP contribution is 2.29. The fourth-order valence-electron chi connectivity index (χ4n) is 2.36. The number of ether oxygens (including phenoxy) is 1. The minimum absolute atomic E-state index is 0.0982. The second-order valence-corrected chi connectivity index (χ2v) is 4.95. The lowest BCUT2D eigenvalue weighted by atomic mass is 9.79. The number of carbonyl (C=O) groups excluding carboxylic acids is 1. The average molecular weight is 248 g/mol. The van der Waals surface area contributed by atoms with Crippen molar-refractivity contribution in [1.82, 2.24) is 4.90 Å². The first-order valence-electron chi connectivity index (χ1n) is 6.35. The summed E-state index contributed by atoms with van der Waals surface area (Å²) in [6.45, 7) is 5.62. The van der Waals surface area contributed by atoms with E-state index >= 15 is 0 Å². The molecule has 4 heteroatoms. The topological polar surface area (TPSA) is 53.3 Å². The van der Waals surface area contributed by atoms with Crippen molar-refractivity contribution >= 4 is 6.09 Å². The van der Waals surface area contributed by atoms with Crippen LogP contribution in [-0.4, -0.2) is 30.7 Å². The van der Waals surface area contributed by atoms with Gasteiger partial charge in [0.1, 0.15) is 6.61 Å². The van der Waals surface area contributed by atoms with E-state index in [1.165, 1.54) is 0 Å². The van der Waals surface area contributed by atoms with Gasteiger partial charge >= 0.3 is 6.09 Å². The SMILES string of the molecule is C#CCCOC(=O)N1CCC(C(C)C)C(C#N)C1. The molecule has 1 aliphatic heterocycles. The lowest BCUT2D eigenvalue weighted by Crippen LogP contribution is -2.44. The Morgan fingerprint density at radius 1 is 1.61 bits per heavy atom. The number of terminal acetylenes is 1. The van der Waals surface area contributed by atoms with Crippen LogP contribution in [-0.2, 0) is 4.74 Å². The molecule has 0 aliphatic carbocycles. The van der Waals surface area contributed by atoms with Crippen LogP contribution in [0.2, 0.25) is 0 Å². The van der Waals surface area contributed by atoms with Crippen molar-refractivity contribution in [1.29, 1.82) is 5.26 Å². The van der Waals surface area contributed by atoms with Gasteiger partial charge in [-0.3, -0.25) is 0 Å². The Bertz CT molecular complexity index is 365. The Labute approximate surface area is 109 Å². The minimum atomic E-state index is -0.354. The Morgan fingerprint density at radius 2 is 2.33 bits per heavy atom. The van der Waals surface area contributed by atoms with Crippen molar-refractivity contribution in [2.45, 2.75) is 26.7 Å². The number of nitriles is 1. The molecule has 0 saturated carbocycles. The average Bonchev–Trinajstić information content (AvgIpc) is 2.37. The highest BCUT2D eigenvalue weighted by atomic mass is 16.6. The third-order valence-corrected chi connectivity index (χ3v) is 3.42. The van der Waals surface area contributed by atoms with Crippen molar-refractivity contribution in [3.05, 3.63) is 0 Å². The standard InChI is InChI=1S/C14H20N2O2/c1-4-5-8-18-14(17)16-7-6-13(11(2)3)12(9-15)10-16/h1,11-13H,5-8,10H2,2-3H3. The number of nitrogens with zero attached hydrogens (tertiary/aromatic N) is 2. The van der Waals surface area contributed by atoms with E-state index in [9.17, 15) is 4.79 Å². The summed E-state index contributed by atoms with van der Waals surface area (Å²) < 4.78 is 5.05. The van der Waals surface area contributed by atoms with Crippen LogP contribution in [0.1, 0.15) is 26.7 Å². The zero-order chi connectivity index (χ0) is 13.5. The van der Waals surface area contributed by atoms with Crippen molar-refractivity contribution in [2.24, 2.45) is 17.8 Å². The van der Waals surface area contributed by atoms with Gasteiger partial charge in [0.05, 0.1) is 12.0 Å². The van der Waals surface area contributed by atoms with Gasteiger partial charge in [0.25, 0.3) is 0 Å². The smallest absolute Gasteiger partial charge is 0.409 e. The van der Waals surface area contributed by atoms with Gasteiger partial charge < -0.3 is 9.64 Å². The molecule has 1 amide bonds. The normalized spacial score (nSPS) is 23.3. The number of amides is 1. The fourth-order valence-corrected chi connectivity index (χ4v) is 2.36. The highest BCUT2D eigenvalue weighted by Gasteiger charge is 2.33. The Balaban J connectivity index is 2.50.